The topological polar surface area (TPSA) is 49.8 Å². The Labute approximate surface area is 140 Å². The van der Waals surface area contributed by atoms with Gasteiger partial charge in [-0.1, -0.05) is 18.2 Å². The zero-order chi connectivity index (χ0) is 16.9. The summed E-state index contributed by atoms with van der Waals surface area (Å²) in [5, 5.41) is 6.49. The molecule has 0 aliphatic carbocycles. The van der Waals surface area contributed by atoms with Crippen LogP contribution in [-0.2, 0) is 6.54 Å². The molecule has 0 amide bonds. The predicted molar refractivity (Wildman–Crippen MR) is 95.0 cm³/mol. The number of halogens is 1. The molecule has 1 aromatic heterocycles. The lowest BCUT2D eigenvalue weighted by molar-refractivity contribution is 0.627. The van der Waals surface area contributed by atoms with Gasteiger partial charge in [-0.2, -0.15) is 0 Å². The number of nitrogens with zero attached hydrogens (tertiary/aromatic N) is 2. The zero-order valence-corrected chi connectivity index (χ0v) is 13.7. The fraction of sp³-hybridized carbons (Fsp3) is 0.158. The smallest absolute Gasteiger partial charge is 0.135 e. The minimum atomic E-state index is -0.235. The average Bonchev–Trinajstić information content (AvgIpc) is 2.58. The van der Waals surface area contributed by atoms with Crippen molar-refractivity contribution in [2.45, 2.75) is 20.4 Å². The van der Waals surface area contributed by atoms with Crippen LogP contribution in [0.2, 0.25) is 0 Å². The summed E-state index contributed by atoms with van der Waals surface area (Å²) in [6, 6.07) is 14.4. The van der Waals surface area contributed by atoms with Crippen LogP contribution in [0.5, 0.6) is 0 Å². The van der Waals surface area contributed by atoms with Gasteiger partial charge in [0.2, 0.25) is 0 Å². The van der Waals surface area contributed by atoms with Crippen LogP contribution in [-0.4, -0.2) is 9.97 Å². The number of hydrogen-bond acceptors (Lipinski definition) is 4. The van der Waals surface area contributed by atoms with Gasteiger partial charge in [-0.15, -0.1) is 0 Å². The maximum absolute atomic E-state index is 12.9. The van der Waals surface area contributed by atoms with Crippen LogP contribution in [0, 0.1) is 19.7 Å². The van der Waals surface area contributed by atoms with E-state index in [0.29, 0.717) is 12.4 Å². The van der Waals surface area contributed by atoms with Crippen LogP contribution in [0.15, 0.2) is 54.9 Å². The molecule has 0 saturated heterocycles. The first-order valence-electron chi connectivity index (χ1n) is 7.75. The Balaban J connectivity index is 1.67. The molecule has 5 heteroatoms. The predicted octanol–water partition coefficient (Wildman–Crippen LogP) is 4.59. The zero-order valence-electron chi connectivity index (χ0n) is 13.7. The summed E-state index contributed by atoms with van der Waals surface area (Å²) in [7, 11) is 0. The number of aromatic nitrogens is 2. The van der Waals surface area contributed by atoms with E-state index in [9.17, 15) is 4.39 Å². The number of rotatable bonds is 5. The van der Waals surface area contributed by atoms with Crippen molar-refractivity contribution < 1.29 is 4.39 Å². The van der Waals surface area contributed by atoms with Gasteiger partial charge in [-0.25, -0.2) is 14.4 Å². The molecule has 4 nitrogen and oxygen atoms in total. The molecular formula is C19H19FN4. The molecule has 1 heterocycles. The van der Waals surface area contributed by atoms with Crippen molar-refractivity contribution in [2.75, 3.05) is 10.6 Å². The van der Waals surface area contributed by atoms with E-state index >= 15 is 0 Å². The van der Waals surface area contributed by atoms with Crippen molar-refractivity contribution >= 4 is 17.3 Å². The van der Waals surface area contributed by atoms with E-state index in [4.69, 9.17) is 0 Å². The maximum atomic E-state index is 12.9. The monoisotopic (exact) mass is 322 g/mol. The van der Waals surface area contributed by atoms with E-state index in [1.165, 1.54) is 29.6 Å². The van der Waals surface area contributed by atoms with Gasteiger partial charge >= 0.3 is 0 Å². The molecule has 0 aliphatic heterocycles. The van der Waals surface area contributed by atoms with Gasteiger partial charge < -0.3 is 10.6 Å². The Morgan fingerprint density at radius 2 is 1.62 bits per heavy atom. The summed E-state index contributed by atoms with van der Waals surface area (Å²) in [6.45, 7) is 4.73. The van der Waals surface area contributed by atoms with Crippen molar-refractivity contribution in [1.29, 1.82) is 0 Å². The first-order chi connectivity index (χ1) is 11.6. The van der Waals surface area contributed by atoms with Gasteiger partial charge in [-0.3, -0.25) is 0 Å². The van der Waals surface area contributed by atoms with Crippen LogP contribution >= 0.6 is 0 Å². The molecular weight excluding hydrogens is 303 g/mol. The Morgan fingerprint density at radius 3 is 2.38 bits per heavy atom. The second kappa shape index (κ2) is 7.08. The molecule has 0 saturated carbocycles. The van der Waals surface area contributed by atoms with Crippen molar-refractivity contribution in [1.82, 2.24) is 9.97 Å². The maximum Gasteiger partial charge on any atom is 0.135 e. The second-order valence-electron chi connectivity index (χ2n) is 5.69. The molecule has 0 bridgehead atoms. The van der Waals surface area contributed by atoms with E-state index in [1.54, 1.807) is 12.1 Å². The Morgan fingerprint density at radius 1 is 0.875 bits per heavy atom. The molecule has 0 atom stereocenters. The highest BCUT2D eigenvalue weighted by Gasteiger charge is 2.02. The first kappa shape index (κ1) is 15.9. The van der Waals surface area contributed by atoms with Crippen LogP contribution in [0.25, 0.3) is 0 Å². The number of anilines is 3. The van der Waals surface area contributed by atoms with Crippen molar-refractivity contribution in [2.24, 2.45) is 0 Å². The van der Waals surface area contributed by atoms with E-state index < -0.39 is 0 Å². The molecule has 2 N–H and O–H groups in total. The highest BCUT2D eigenvalue weighted by Crippen LogP contribution is 2.19. The summed E-state index contributed by atoms with van der Waals surface area (Å²) in [5.74, 6) is 1.19. The van der Waals surface area contributed by atoms with Gasteiger partial charge in [0.25, 0.3) is 0 Å². The summed E-state index contributed by atoms with van der Waals surface area (Å²) < 4.78 is 12.9. The van der Waals surface area contributed by atoms with Gasteiger partial charge in [0.1, 0.15) is 23.8 Å². The molecule has 2 aromatic carbocycles. The van der Waals surface area contributed by atoms with E-state index in [0.717, 1.165) is 17.1 Å². The lowest BCUT2D eigenvalue weighted by Crippen LogP contribution is -2.03. The molecule has 0 unspecified atom stereocenters. The number of hydrogen-bond donors (Lipinski definition) is 2. The highest BCUT2D eigenvalue weighted by molar-refractivity contribution is 5.60. The SMILES string of the molecule is Cc1ccc(Nc2cc(NCc3ccc(F)cc3)ncn2)cc1C. The largest absolute Gasteiger partial charge is 0.366 e. The van der Waals surface area contributed by atoms with Gasteiger partial charge in [0.05, 0.1) is 0 Å². The molecule has 0 radical (unpaired) electrons. The quantitative estimate of drug-likeness (QED) is 0.721. The molecule has 24 heavy (non-hydrogen) atoms. The van der Waals surface area contributed by atoms with Crippen LogP contribution in [0.1, 0.15) is 16.7 Å². The normalized spacial score (nSPS) is 10.5. The van der Waals surface area contributed by atoms with Gasteiger partial charge in [0, 0.05) is 18.3 Å². The first-order valence-corrected chi connectivity index (χ1v) is 7.75. The minimum absolute atomic E-state index is 0.235. The van der Waals surface area contributed by atoms with Crippen molar-refractivity contribution in [3.63, 3.8) is 0 Å². The molecule has 122 valence electrons. The summed E-state index contributed by atoms with van der Waals surface area (Å²) in [6.07, 6.45) is 1.51. The van der Waals surface area contributed by atoms with Crippen LogP contribution in [0.4, 0.5) is 21.7 Å². The minimum Gasteiger partial charge on any atom is -0.366 e. The molecule has 0 aliphatic rings. The third-order valence-electron chi connectivity index (χ3n) is 3.83. The van der Waals surface area contributed by atoms with Crippen LogP contribution in [0.3, 0.4) is 0 Å². The van der Waals surface area contributed by atoms with Gasteiger partial charge in [-0.05, 0) is 54.8 Å². The van der Waals surface area contributed by atoms with Crippen molar-refractivity contribution in [3.8, 4) is 0 Å². The summed E-state index contributed by atoms with van der Waals surface area (Å²) >= 11 is 0. The number of nitrogens with one attached hydrogen (secondary N) is 2. The van der Waals surface area contributed by atoms with Crippen LogP contribution < -0.4 is 10.6 Å². The molecule has 3 rings (SSSR count). The molecule has 0 fully saturated rings. The highest BCUT2D eigenvalue weighted by atomic mass is 19.1. The Hall–Kier alpha value is -2.95. The summed E-state index contributed by atoms with van der Waals surface area (Å²) in [4.78, 5) is 8.45. The fourth-order valence-corrected chi connectivity index (χ4v) is 2.28. The molecule has 0 spiro atoms. The van der Waals surface area contributed by atoms with Crippen molar-refractivity contribution in [3.05, 3.63) is 77.4 Å². The lowest BCUT2D eigenvalue weighted by atomic mass is 10.1. The average molecular weight is 322 g/mol. The van der Waals surface area contributed by atoms with E-state index in [1.807, 2.05) is 12.1 Å². The molecule has 3 aromatic rings. The summed E-state index contributed by atoms with van der Waals surface area (Å²) in [5.41, 5.74) is 4.45. The van der Waals surface area contributed by atoms with Gasteiger partial charge in [0.15, 0.2) is 0 Å². The third-order valence-corrected chi connectivity index (χ3v) is 3.83. The Bertz CT molecular complexity index is 831. The fourth-order valence-electron chi connectivity index (χ4n) is 2.28. The standard InChI is InChI=1S/C19H19FN4/c1-13-3-8-17(9-14(13)2)24-19-10-18(22-12-23-19)21-11-15-4-6-16(20)7-5-15/h3-10,12H,11H2,1-2H3,(H2,21,22,23,24). The second-order valence-corrected chi connectivity index (χ2v) is 5.69. The number of aryl methyl sites for hydroxylation is 2. The van der Waals surface area contributed by atoms with E-state index in [2.05, 4.69) is 46.6 Å². The number of benzene rings is 2. The lowest BCUT2D eigenvalue weighted by Gasteiger charge is -2.10. The Kier molecular flexibility index (Phi) is 4.70. The third kappa shape index (κ3) is 4.07. The van der Waals surface area contributed by atoms with E-state index in [-0.39, 0.29) is 5.82 Å².